The summed E-state index contributed by atoms with van der Waals surface area (Å²) < 4.78 is 5.53. The van der Waals surface area contributed by atoms with Crippen LogP contribution in [0.25, 0.3) is 11.3 Å². The summed E-state index contributed by atoms with van der Waals surface area (Å²) in [7, 11) is 1.85. The van der Waals surface area contributed by atoms with Crippen molar-refractivity contribution in [2.45, 2.75) is 6.54 Å². The number of halogens is 1. The van der Waals surface area contributed by atoms with E-state index in [1.165, 1.54) is 0 Å². The quantitative estimate of drug-likeness (QED) is 0.868. The molecule has 0 radical (unpaired) electrons. The third-order valence-corrected chi connectivity index (χ3v) is 2.26. The van der Waals surface area contributed by atoms with Crippen LogP contribution < -0.4 is 5.32 Å². The van der Waals surface area contributed by atoms with Gasteiger partial charge in [-0.05, 0) is 31.3 Å². The number of hydrogen-bond donors (Lipinski definition) is 1. The zero-order valence-corrected chi connectivity index (χ0v) is 9.08. The van der Waals surface area contributed by atoms with E-state index in [4.69, 9.17) is 16.0 Å². The zero-order chi connectivity index (χ0) is 10.7. The Morgan fingerprint density at radius 3 is 2.73 bits per heavy atom. The number of nitrogens with one attached hydrogen (secondary N) is 1. The molecule has 0 aliphatic carbocycles. The average molecular weight is 223 g/mol. The molecule has 0 spiro atoms. The zero-order valence-electron chi connectivity index (χ0n) is 8.33. The molecular weight excluding hydrogens is 212 g/mol. The lowest BCUT2D eigenvalue weighted by Crippen LogP contribution is -2.04. The van der Waals surface area contributed by atoms with Crippen molar-refractivity contribution in [2.24, 2.45) is 0 Å². The van der Waals surface area contributed by atoms with Crippen LogP contribution in [0.5, 0.6) is 0 Å². The van der Waals surface area contributed by atoms with Crippen molar-refractivity contribution in [3.05, 3.63) is 41.4 Å². The normalized spacial score (nSPS) is 10.5. The van der Waals surface area contributed by atoms with Gasteiger partial charge in [-0.3, -0.25) is 0 Å². The molecule has 4 heteroatoms. The molecule has 0 fully saturated rings. The molecule has 0 saturated carbocycles. The van der Waals surface area contributed by atoms with Crippen molar-refractivity contribution >= 4 is 11.6 Å². The van der Waals surface area contributed by atoms with Crippen molar-refractivity contribution in [1.82, 2.24) is 10.3 Å². The highest BCUT2D eigenvalue weighted by Crippen LogP contribution is 2.22. The second-order valence-corrected chi connectivity index (χ2v) is 3.59. The smallest absolute Gasteiger partial charge is 0.208 e. The third kappa shape index (κ3) is 2.37. The second-order valence-electron chi connectivity index (χ2n) is 3.16. The number of benzene rings is 1. The van der Waals surface area contributed by atoms with Crippen LogP contribution in [0.15, 0.2) is 34.9 Å². The van der Waals surface area contributed by atoms with Crippen LogP contribution in [0.1, 0.15) is 5.89 Å². The Hall–Kier alpha value is -1.32. The van der Waals surface area contributed by atoms with Gasteiger partial charge < -0.3 is 9.73 Å². The Morgan fingerprint density at radius 1 is 1.33 bits per heavy atom. The predicted molar refractivity (Wildman–Crippen MR) is 59.7 cm³/mol. The number of nitrogens with zero attached hydrogens (tertiary/aromatic N) is 1. The highest BCUT2D eigenvalue weighted by Gasteiger charge is 2.04. The van der Waals surface area contributed by atoms with E-state index in [1.54, 1.807) is 6.20 Å². The van der Waals surface area contributed by atoms with Gasteiger partial charge in [0, 0.05) is 10.6 Å². The van der Waals surface area contributed by atoms with Crippen LogP contribution in [-0.2, 0) is 6.54 Å². The first kappa shape index (κ1) is 10.2. The summed E-state index contributed by atoms with van der Waals surface area (Å²) in [4.78, 5) is 4.14. The maximum Gasteiger partial charge on any atom is 0.208 e. The molecular formula is C11H11ClN2O. The minimum absolute atomic E-state index is 0.633. The lowest BCUT2D eigenvalue weighted by molar-refractivity contribution is 0.491. The third-order valence-electron chi connectivity index (χ3n) is 2.01. The van der Waals surface area contributed by atoms with Gasteiger partial charge >= 0.3 is 0 Å². The molecule has 1 aromatic carbocycles. The number of hydrogen-bond acceptors (Lipinski definition) is 3. The highest BCUT2D eigenvalue weighted by molar-refractivity contribution is 6.30. The van der Waals surface area contributed by atoms with E-state index >= 15 is 0 Å². The molecule has 0 atom stereocenters. The molecule has 2 aromatic rings. The fourth-order valence-corrected chi connectivity index (χ4v) is 1.42. The molecule has 78 valence electrons. The number of aromatic nitrogens is 1. The van der Waals surface area contributed by atoms with Gasteiger partial charge in [0.25, 0.3) is 0 Å². The Morgan fingerprint density at radius 2 is 2.07 bits per heavy atom. The molecule has 0 amide bonds. The van der Waals surface area contributed by atoms with E-state index in [1.807, 2.05) is 31.3 Å². The van der Waals surface area contributed by atoms with Crippen LogP contribution in [-0.4, -0.2) is 12.0 Å². The molecule has 0 aliphatic heterocycles. The van der Waals surface area contributed by atoms with Gasteiger partial charge in [-0.2, -0.15) is 0 Å². The molecule has 1 N–H and O–H groups in total. The van der Waals surface area contributed by atoms with Gasteiger partial charge in [-0.25, -0.2) is 4.98 Å². The summed E-state index contributed by atoms with van der Waals surface area (Å²) in [5, 5.41) is 3.70. The van der Waals surface area contributed by atoms with E-state index in [0.717, 1.165) is 11.3 Å². The van der Waals surface area contributed by atoms with Crippen LogP contribution in [0, 0.1) is 0 Å². The summed E-state index contributed by atoms with van der Waals surface area (Å²) in [6.07, 6.45) is 1.72. The maximum atomic E-state index is 5.80. The van der Waals surface area contributed by atoms with E-state index in [0.29, 0.717) is 17.5 Å². The van der Waals surface area contributed by atoms with E-state index < -0.39 is 0 Å². The lowest BCUT2D eigenvalue weighted by atomic mass is 10.2. The van der Waals surface area contributed by atoms with Gasteiger partial charge in [0.15, 0.2) is 5.76 Å². The molecule has 1 heterocycles. The Kier molecular flexibility index (Phi) is 3.04. The maximum absolute atomic E-state index is 5.80. The highest BCUT2D eigenvalue weighted by atomic mass is 35.5. The average Bonchev–Trinajstić information content (AvgIpc) is 2.68. The van der Waals surface area contributed by atoms with Crippen molar-refractivity contribution < 1.29 is 4.42 Å². The minimum atomic E-state index is 0.633. The van der Waals surface area contributed by atoms with E-state index in [-0.39, 0.29) is 0 Å². The van der Waals surface area contributed by atoms with Crippen LogP contribution in [0.4, 0.5) is 0 Å². The van der Waals surface area contributed by atoms with Gasteiger partial charge in [-0.15, -0.1) is 0 Å². The summed E-state index contributed by atoms with van der Waals surface area (Å²) in [6, 6.07) is 7.48. The van der Waals surface area contributed by atoms with Gasteiger partial charge in [0.1, 0.15) is 0 Å². The fraction of sp³-hybridized carbons (Fsp3) is 0.182. The SMILES string of the molecule is CNCc1ncc(-c2ccc(Cl)cc2)o1. The molecule has 2 rings (SSSR count). The molecule has 15 heavy (non-hydrogen) atoms. The first-order chi connectivity index (χ1) is 7.29. The summed E-state index contributed by atoms with van der Waals surface area (Å²) in [5.41, 5.74) is 0.981. The van der Waals surface area contributed by atoms with Gasteiger partial charge in [0.05, 0.1) is 12.7 Å². The minimum Gasteiger partial charge on any atom is -0.439 e. The van der Waals surface area contributed by atoms with Crippen LogP contribution in [0.3, 0.4) is 0 Å². The topological polar surface area (TPSA) is 38.1 Å². The van der Waals surface area contributed by atoms with Crippen molar-refractivity contribution in [3.8, 4) is 11.3 Å². The largest absolute Gasteiger partial charge is 0.439 e. The second kappa shape index (κ2) is 4.47. The van der Waals surface area contributed by atoms with E-state index in [2.05, 4.69) is 10.3 Å². The Balaban J connectivity index is 2.25. The van der Waals surface area contributed by atoms with Crippen molar-refractivity contribution in [3.63, 3.8) is 0 Å². The summed E-state index contributed by atoms with van der Waals surface area (Å²) in [6.45, 7) is 0.633. The monoisotopic (exact) mass is 222 g/mol. The Bertz CT molecular complexity index is 436. The van der Waals surface area contributed by atoms with E-state index in [9.17, 15) is 0 Å². The van der Waals surface area contributed by atoms with Crippen LogP contribution >= 0.6 is 11.6 Å². The first-order valence-electron chi connectivity index (χ1n) is 4.65. The Labute approximate surface area is 93.1 Å². The van der Waals surface area contributed by atoms with Gasteiger partial charge in [-0.1, -0.05) is 11.6 Å². The van der Waals surface area contributed by atoms with Crippen molar-refractivity contribution in [2.75, 3.05) is 7.05 Å². The number of oxazole rings is 1. The molecule has 1 aromatic heterocycles. The van der Waals surface area contributed by atoms with Crippen LogP contribution in [0.2, 0.25) is 5.02 Å². The van der Waals surface area contributed by atoms with Crippen molar-refractivity contribution in [1.29, 1.82) is 0 Å². The summed E-state index contributed by atoms with van der Waals surface area (Å²) >= 11 is 5.80. The molecule has 0 bridgehead atoms. The van der Waals surface area contributed by atoms with Gasteiger partial charge in [0.2, 0.25) is 5.89 Å². The summed E-state index contributed by atoms with van der Waals surface area (Å²) in [5.74, 6) is 1.44. The number of rotatable bonds is 3. The predicted octanol–water partition coefficient (Wildman–Crippen LogP) is 2.71. The molecule has 0 unspecified atom stereocenters. The standard InChI is InChI=1S/C11H11ClN2O/c1-13-7-11-14-6-10(15-11)8-2-4-9(12)5-3-8/h2-6,13H,7H2,1H3. The molecule has 0 saturated heterocycles. The fourth-order valence-electron chi connectivity index (χ4n) is 1.29. The first-order valence-corrected chi connectivity index (χ1v) is 5.02. The lowest BCUT2D eigenvalue weighted by Gasteiger charge is -1.96. The molecule has 3 nitrogen and oxygen atoms in total. The molecule has 0 aliphatic rings.